The van der Waals surface area contributed by atoms with Crippen molar-refractivity contribution in [2.24, 2.45) is 0 Å². The summed E-state index contributed by atoms with van der Waals surface area (Å²) in [6.07, 6.45) is 0.183. The fourth-order valence-electron chi connectivity index (χ4n) is 1.03. The second-order valence-electron chi connectivity index (χ2n) is 3.57. The maximum absolute atomic E-state index is 9.89. The molecule has 0 aliphatic heterocycles. The van der Waals surface area contributed by atoms with Gasteiger partial charge in [-0.25, -0.2) is 0 Å². The van der Waals surface area contributed by atoms with Crippen molar-refractivity contribution in [1.82, 2.24) is 0 Å². The van der Waals surface area contributed by atoms with Gasteiger partial charge in [-0.15, -0.1) is 0 Å². The van der Waals surface area contributed by atoms with Gasteiger partial charge in [0.25, 0.3) is 6.47 Å². The zero-order chi connectivity index (χ0) is 11.0. The van der Waals surface area contributed by atoms with Crippen LogP contribution >= 0.6 is 0 Å². The summed E-state index contributed by atoms with van der Waals surface area (Å²) in [5.74, 6) is 0. The van der Waals surface area contributed by atoms with Gasteiger partial charge in [0.15, 0.2) is 0 Å². The Bertz CT molecular complexity index is 147. The molecule has 0 saturated heterocycles. The molecule has 0 N–H and O–H groups in total. The number of carbonyl (C=O) groups excluding carboxylic acids is 1. The van der Waals surface area contributed by atoms with E-state index in [1.807, 2.05) is 27.7 Å². The molecule has 0 spiro atoms. The predicted octanol–water partition coefficient (Wildman–Crippen LogP) is 1.38. The van der Waals surface area contributed by atoms with E-state index < -0.39 is 0 Å². The molecule has 84 valence electrons. The van der Waals surface area contributed by atoms with E-state index in [2.05, 4.69) is 4.74 Å². The fourth-order valence-corrected chi connectivity index (χ4v) is 1.03. The van der Waals surface area contributed by atoms with Gasteiger partial charge in [0, 0.05) is 0 Å². The summed E-state index contributed by atoms with van der Waals surface area (Å²) in [6, 6.07) is 0. The third-order valence-corrected chi connectivity index (χ3v) is 1.52. The van der Waals surface area contributed by atoms with E-state index in [1.165, 1.54) is 0 Å². The highest BCUT2D eigenvalue weighted by atomic mass is 16.6. The Kier molecular flexibility index (Phi) is 7.42. The molecule has 4 nitrogen and oxygen atoms in total. The molecule has 0 aromatic carbocycles. The van der Waals surface area contributed by atoms with Gasteiger partial charge in [0.1, 0.15) is 6.61 Å². The number of hydrogen-bond acceptors (Lipinski definition) is 4. The molecule has 0 heterocycles. The largest absolute Gasteiger partial charge is 0.465 e. The van der Waals surface area contributed by atoms with Crippen LogP contribution in [-0.4, -0.2) is 38.0 Å². The van der Waals surface area contributed by atoms with Crippen molar-refractivity contribution >= 4 is 6.47 Å². The molecule has 0 aromatic rings. The number of carbonyl (C=O) groups is 1. The van der Waals surface area contributed by atoms with E-state index in [9.17, 15) is 4.79 Å². The van der Waals surface area contributed by atoms with Crippen molar-refractivity contribution in [1.29, 1.82) is 0 Å². The molecule has 0 saturated carbocycles. The summed E-state index contributed by atoms with van der Waals surface area (Å²) >= 11 is 0. The molecular weight excluding hydrogens is 184 g/mol. The Hall–Kier alpha value is -0.610. The van der Waals surface area contributed by atoms with Crippen molar-refractivity contribution in [3.63, 3.8) is 0 Å². The van der Waals surface area contributed by atoms with Crippen molar-refractivity contribution < 1.29 is 19.0 Å². The SMILES string of the molecule is CC(C)OC(C)COC(C)COC=O. The lowest BCUT2D eigenvalue weighted by atomic mass is 10.4. The molecule has 0 amide bonds. The normalized spacial score (nSPS) is 15.2. The van der Waals surface area contributed by atoms with E-state index in [0.717, 1.165) is 0 Å². The molecule has 0 aliphatic rings. The average Bonchev–Trinajstić information content (AvgIpc) is 2.10. The Morgan fingerprint density at radius 1 is 1.07 bits per heavy atom. The third kappa shape index (κ3) is 8.01. The van der Waals surface area contributed by atoms with Gasteiger partial charge in [-0.3, -0.25) is 4.79 Å². The van der Waals surface area contributed by atoms with Gasteiger partial charge in [0.2, 0.25) is 0 Å². The molecule has 0 rings (SSSR count). The van der Waals surface area contributed by atoms with Crippen LogP contribution < -0.4 is 0 Å². The van der Waals surface area contributed by atoms with Crippen molar-refractivity contribution in [3.05, 3.63) is 0 Å². The summed E-state index contributed by atoms with van der Waals surface area (Å²) in [5, 5.41) is 0. The van der Waals surface area contributed by atoms with Crippen LogP contribution in [0.25, 0.3) is 0 Å². The highest BCUT2D eigenvalue weighted by Crippen LogP contribution is 2.00. The molecule has 4 heteroatoms. The summed E-state index contributed by atoms with van der Waals surface area (Å²) in [7, 11) is 0. The van der Waals surface area contributed by atoms with Gasteiger partial charge in [-0.1, -0.05) is 0 Å². The van der Waals surface area contributed by atoms with Gasteiger partial charge in [-0.2, -0.15) is 0 Å². The predicted molar refractivity (Wildman–Crippen MR) is 53.1 cm³/mol. The zero-order valence-electron chi connectivity index (χ0n) is 9.36. The topological polar surface area (TPSA) is 44.8 Å². The third-order valence-electron chi connectivity index (χ3n) is 1.52. The van der Waals surface area contributed by atoms with Crippen molar-refractivity contribution in [3.8, 4) is 0 Å². The van der Waals surface area contributed by atoms with E-state index in [-0.39, 0.29) is 24.9 Å². The summed E-state index contributed by atoms with van der Waals surface area (Å²) in [4.78, 5) is 9.89. The molecule has 2 unspecified atom stereocenters. The minimum Gasteiger partial charge on any atom is -0.465 e. The Balaban J connectivity index is 3.45. The maximum atomic E-state index is 9.89. The molecule has 0 aromatic heterocycles. The van der Waals surface area contributed by atoms with Crippen LogP contribution in [0.3, 0.4) is 0 Å². The lowest BCUT2D eigenvalue weighted by Crippen LogP contribution is -2.25. The number of rotatable bonds is 8. The van der Waals surface area contributed by atoms with Gasteiger partial charge < -0.3 is 14.2 Å². The molecule has 14 heavy (non-hydrogen) atoms. The summed E-state index contributed by atoms with van der Waals surface area (Å²) in [6.45, 7) is 9.00. The van der Waals surface area contributed by atoms with Crippen LogP contribution in [0.5, 0.6) is 0 Å². The summed E-state index contributed by atoms with van der Waals surface area (Å²) in [5.41, 5.74) is 0. The first kappa shape index (κ1) is 13.4. The average molecular weight is 204 g/mol. The van der Waals surface area contributed by atoms with Crippen LogP contribution in [0.15, 0.2) is 0 Å². The Labute approximate surface area is 85.5 Å². The Morgan fingerprint density at radius 3 is 2.21 bits per heavy atom. The van der Waals surface area contributed by atoms with Gasteiger partial charge in [-0.05, 0) is 27.7 Å². The second-order valence-corrected chi connectivity index (χ2v) is 3.57. The quantitative estimate of drug-likeness (QED) is 0.560. The second kappa shape index (κ2) is 7.76. The molecule has 0 bridgehead atoms. The van der Waals surface area contributed by atoms with Crippen LogP contribution in [0, 0.1) is 0 Å². The first-order valence-corrected chi connectivity index (χ1v) is 4.88. The first-order valence-electron chi connectivity index (χ1n) is 4.88. The lowest BCUT2D eigenvalue weighted by Gasteiger charge is -2.18. The highest BCUT2D eigenvalue weighted by molar-refractivity contribution is 5.36. The molecule has 0 fully saturated rings. The minimum absolute atomic E-state index is 0.0636. The molecule has 2 atom stereocenters. The molecule has 0 radical (unpaired) electrons. The first-order chi connectivity index (χ1) is 6.56. The lowest BCUT2D eigenvalue weighted by molar-refractivity contribution is -0.133. The minimum atomic E-state index is -0.0848. The zero-order valence-corrected chi connectivity index (χ0v) is 9.36. The summed E-state index contributed by atoms with van der Waals surface area (Å²) < 4.78 is 15.4. The molecule has 0 aliphatic carbocycles. The van der Waals surface area contributed by atoms with Crippen LogP contribution in [-0.2, 0) is 19.0 Å². The standard InChI is InChI=1S/C10H20O4/c1-8(2)14-10(4)6-13-9(3)5-12-7-11/h7-10H,5-6H2,1-4H3. The molecular formula is C10H20O4. The van der Waals surface area contributed by atoms with Crippen LogP contribution in [0.4, 0.5) is 0 Å². The monoisotopic (exact) mass is 204 g/mol. The van der Waals surface area contributed by atoms with Crippen molar-refractivity contribution in [2.75, 3.05) is 13.2 Å². The van der Waals surface area contributed by atoms with Crippen LogP contribution in [0.2, 0.25) is 0 Å². The maximum Gasteiger partial charge on any atom is 0.293 e. The van der Waals surface area contributed by atoms with Gasteiger partial charge in [0.05, 0.1) is 24.9 Å². The Morgan fingerprint density at radius 2 is 1.71 bits per heavy atom. The van der Waals surface area contributed by atoms with E-state index in [1.54, 1.807) is 0 Å². The fraction of sp³-hybridized carbons (Fsp3) is 0.900. The van der Waals surface area contributed by atoms with E-state index >= 15 is 0 Å². The van der Waals surface area contributed by atoms with E-state index in [4.69, 9.17) is 9.47 Å². The number of ether oxygens (including phenoxy) is 3. The van der Waals surface area contributed by atoms with E-state index in [0.29, 0.717) is 13.1 Å². The van der Waals surface area contributed by atoms with Crippen LogP contribution in [0.1, 0.15) is 27.7 Å². The van der Waals surface area contributed by atoms with Gasteiger partial charge >= 0.3 is 0 Å². The highest BCUT2D eigenvalue weighted by Gasteiger charge is 2.08. The smallest absolute Gasteiger partial charge is 0.293 e. The van der Waals surface area contributed by atoms with Crippen molar-refractivity contribution in [2.45, 2.75) is 46.0 Å². The number of hydrogen-bond donors (Lipinski definition) is 0.